The van der Waals surface area contributed by atoms with Crippen molar-refractivity contribution in [2.24, 2.45) is 5.92 Å². The molecule has 20 heavy (non-hydrogen) atoms. The van der Waals surface area contributed by atoms with Crippen LogP contribution >= 0.6 is 15.9 Å². The zero-order chi connectivity index (χ0) is 14.8. The van der Waals surface area contributed by atoms with E-state index in [1.165, 1.54) is 6.07 Å². The fourth-order valence-corrected chi connectivity index (χ4v) is 2.79. The zero-order valence-electron chi connectivity index (χ0n) is 11.1. The summed E-state index contributed by atoms with van der Waals surface area (Å²) in [6, 6.07) is 4.87. The summed E-state index contributed by atoms with van der Waals surface area (Å²) in [6.45, 7) is 2.20. The molecule has 6 heteroatoms. The average molecular weight is 352 g/mol. The summed E-state index contributed by atoms with van der Waals surface area (Å²) in [7, 11) is 0. The molecule has 0 aliphatic heterocycles. The SMILES string of the molecule is CC1CCC(Nc2ccc(Br)cc2OC(F)(F)F)CC1. The van der Waals surface area contributed by atoms with E-state index >= 15 is 0 Å². The molecule has 0 saturated heterocycles. The number of nitrogens with one attached hydrogen (secondary N) is 1. The van der Waals surface area contributed by atoms with E-state index in [0.29, 0.717) is 16.1 Å². The molecule has 2 nitrogen and oxygen atoms in total. The number of halogens is 4. The summed E-state index contributed by atoms with van der Waals surface area (Å²) in [5.41, 5.74) is 0.394. The van der Waals surface area contributed by atoms with Gasteiger partial charge in [-0.15, -0.1) is 13.2 Å². The van der Waals surface area contributed by atoms with Gasteiger partial charge in [0.1, 0.15) is 0 Å². The quantitative estimate of drug-likeness (QED) is 0.793. The highest BCUT2D eigenvalue weighted by Crippen LogP contribution is 2.35. The number of rotatable bonds is 3. The molecule has 112 valence electrons. The van der Waals surface area contributed by atoms with Crippen LogP contribution in [-0.4, -0.2) is 12.4 Å². The van der Waals surface area contributed by atoms with Crippen LogP contribution in [0.1, 0.15) is 32.6 Å². The molecular weight excluding hydrogens is 335 g/mol. The first-order chi connectivity index (χ1) is 9.33. The van der Waals surface area contributed by atoms with Crippen molar-refractivity contribution in [3.8, 4) is 5.75 Å². The van der Waals surface area contributed by atoms with Crippen LogP contribution in [-0.2, 0) is 0 Å². The van der Waals surface area contributed by atoms with Gasteiger partial charge in [0.15, 0.2) is 5.75 Å². The molecular formula is C14H17BrF3NO. The van der Waals surface area contributed by atoms with Gasteiger partial charge < -0.3 is 10.1 Å². The predicted octanol–water partition coefficient (Wildman–Crippen LogP) is 5.34. The number of anilines is 1. The lowest BCUT2D eigenvalue weighted by Crippen LogP contribution is -2.26. The Bertz CT molecular complexity index is 456. The van der Waals surface area contributed by atoms with E-state index < -0.39 is 6.36 Å². The zero-order valence-corrected chi connectivity index (χ0v) is 12.7. The fraction of sp³-hybridized carbons (Fsp3) is 0.571. The molecule has 0 bridgehead atoms. The molecule has 1 aliphatic carbocycles. The molecule has 1 aromatic carbocycles. The Morgan fingerprint density at radius 3 is 2.45 bits per heavy atom. The Hall–Kier alpha value is -0.910. The Labute approximate surface area is 124 Å². The number of hydrogen-bond acceptors (Lipinski definition) is 2. The Morgan fingerprint density at radius 2 is 1.85 bits per heavy atom. The van der Waals surface area contributed by atoms with Crippen molar-refractivity contribution in [3.05, 3.63) is 22.7 Å². The van der Waals surface area contributed by atoms with E-state index in [4.69, 9.17) is 0 Å². The standard InChI is InChI=1S/C14H17BrF3NO/c1-9-2-5-11(6-3-9)19-12-7-4-10(15)8-13(12)20-14(16,17)18/h4,7-9,11,19H,2-3,5-6H2,1H3. The maximum absolute atomic E-state index is 12.4. The summed E-state index contributed by atoms with van der Waals surface area (Å²) >= 11 is 3.16. The van der Waals surface area contributed by atoms with Crippen molar-refractivity contribution < 1.29 is 17.9 Å². The molecule has 0 aromatic heterocycles. The predicted molar refractivity (Wildman–Crippen MR) is 75.9 cm³/mol. The van der Waals surface area contributed by atoms with Gasteiger partial charge in [-0.2, -0.15) is 0 Å². The summed E-state index contributed by atoms with van der Waals surface area (Å²) in [4.78, 5) is 0. The molecule has 1 fully saturated rings. The van der Waals surface area contributed by atoms with Crippen molar-refractivity contribution in [1.29, 1.82) is 0 Å². The van der Waals surface area contributed by atoms with Crippen molar-refractivity contribution in [3.63, 3.8) is 0 Å². The fourth-order valence-electron chi connectivity index (χ4n) is 2.45. The monoisotopic (exact) mass is 351 g/mol. The molecule has 1 N–H and O–H groups in total. The highest BCUT2D eigenvalue weighted by molar-refractivity contribution is 9.10. The Morgan fingerprint density at radius 1 is 1.20 bits per heavy atom. The first kappa shape index (κ1) is 15.5. The summed E-state index contributed by atoms with van der Waals surface area (Å²) in [5, 5.41) is 3.17. The van der Waals surface area contributed by atoms with Gasteiger partial charge in [0.25, 0.3) is 0 Å². The lowest BCUT2D eigenvalue weighted by atomic mass is 9.87. The average Bonchev–Trinajstić information content (AvgIpc) is 2.33. The second-order valence-electron chi connectivity index (χ2n) is 5.29. The largest absolute Gasteiger partial charge is 0.573 e. The van der Waals surface area contributed by atoms with Gasteiger partial charge in [0.2, 0.25) is 0 Å². The summed E-state index contributed by atoms with van der Waals surface area (Å²) in [5.74, 6) is 0.509. The number of ether oxygens (including phenoxy) is 1. The smallest absolute Gasteiger partial charge is 0.404 e. The van der Waals surface area contributed by atoms with Crippen LogP contribution in [0.5, 0.6) is 5.75 Å². The number of hydrogen-bond donors (Lipinski definition) is 1. The van der Waals surface area contributed by atoms with Crippen LogP contribution in [0.4, 0.5) is 18.9 Å². The van der Waals surface area contributed by atoms with E-state index in [2.05, 4.69) is 32.9 Å². The van der Waals surface area contributed by atoms with Gasteiger partial charge in [-0.25, -0.2) is 0 Å². The third-order valence-electron chi connectivity index (χ3n) is 3.54. The van der Waals surface area contributed by atoms with Gasteiger partial charge in [-0.1, -0.05) is 22.9 Å². The molecule has 0 amide bonds. The summed E-state index contributed by atoms with van der Waals surface area (Å²) in [6.07, 6.45) is -0.531. The normalized spacial score (nSPS) is 23.4. The minimum atomic E-state index is -4.68. The third-order valence-corrected chi connectivity index (χ3v) is 4.04. The second-order valence-corrected chi connectivity index (χ2v) is 6.21. The van der Waals surface area contributed by atoms with Gasteiger partial charge in [-0.05, 0) is 49.8 Å². The molecule has 0 heterocycles. The van der Waals surface area contributed by atoms with E-state index in [1.807, 2.05) is 0 Å². The van der Waals surface area contributed by atoms with Crippen molar-refractivity contribution in [2.45, 2.75) is 45.0 Å². The van der Waals surface area contributed by atoms with Gasteiger partial charge in [-0.3, -0.25) is 0 Å². The lowest BCUT2D eigenvalue weighted by Gasteiger charge is -2.28. The third kappa shape index (κ3) is 4.58. The number of benzene rings is 1. The van der Waals surface area contributed by atoms with Gasteiger partial charge in [0.05, 0.1) is 5.69 Å². The van der Waals surface area contributed by atoms with Crippen molar-refractivity contribution in [2.75, 3.05) is 5.32 Å². The van der Waals surface area contributed by atoms with Crippen molar-refractivity contribution >= 4 is 21.6 Å². The summed E-state index contributed by atoms with van der Waals surface area (Å²) < 4.78 is 41.9. The molecule has 1 aromatic rings. The minimum Gasteiger partial charge on any atom is -0.404 e. The molecule has 0 spiro atoms. The van der Waals surface area contributed by atoms with Gasteiger partial charge >= 0.3 is 6.36 Å². The molecule has 0 unspecified atom stereocenters. The van der Waals surface area contributed by atoms with Crippen LogP contribution < -0.4 is 10.1 Å². The van der Waals surface area contributed by atoms with Crippen LogP contribution in [0.15, 0.2) is 22.7 Å². The van der Waals surface area contributed by atoms with Crippen molar-refractivity contribution in [1.82, 2.24) is 0 Å². The molecule has 0 atom stereocenters. The highest BCUT2D eigenvalue weighted by atomic mass is 79.9. The van der Waals surface area contributed by atoms with E-state index in [-0.39, 0.29) is 11.8 Å². The van der Waals surface area contributed by atoms with E-state index in [1.54, 1.807) is 12.1 Å². The topological polar surface area (TPSA) is 21.3 Å². The highest BCUT2D eigenvalue weighted by Gasteiger charge is 2.32. The maximum Gasteiger partial charge on any atom is 0.573 e. The lowest BCUT2D eigenvalue weighted by molar-refractivity contribution is -0.274. The van der Waals surface area contributed by atoms with E-state index in [0.717, 1.165) is 25.7 Å². The van der Waals surface area contributed by atoms with Crippen LogP contribution in [0.3, 0.4) is 0 Å². The maximum atomic E-state index is 12.4. The van der Waals surface area contributed by atoms with Gasteiger partial charge in [0, 0.05) is 10.5 Å². The first-order valence-electron chi connectivity index (χ1n) is 6.65. The molecule has 1 saturated carbocycles. The number of alkyl halides is 3. The Balaban J connectivity index is 2.10. The van der Waals surface area contributed by atoms with Crippen LogP contribution in [0.25, 0.3) is 0 Å². The second kappa shape index (κ2) is 6.24. The van der Waals surface area contributed by atoms with Crippen LogP contribution in [0, 0.1) is 5.92 Å². The molecule has 2 rings (SSSR count). The molecule has 1 aliphatic rings. The van der Waals surface area contributed by atoms with Crippen LogP contribution in [0.2, 0.25) is 0 Å². The molecule has 0 radical (unpaired) electrons. The Kier molecular flexibility index (Phi) is 4.83. The first-order valence-corrected chi connectivity index (χ1v) is 7.44. The minimum absolute atomic E-state index is 0.189. The van der Waals surface area contributed by atoms with E-state index in [9.17, 15) is 13.2 Å².